The zero-order valence-electron chi connectivity index (χ0n) is 32.3. The Hall–Kier alpha value is -5.39. The molecule has 5 heteroatoms. The molecule has 0 spiro atoms. The molecule has 0 N–H and O–H groups in total. The maximum Gasteiger partial charge on any atom is 0.220 e. The summed E-state index contributed by atoms with van der Waals surface area (Å²) in [5.74, 6) is 1.69. The van der Waals surface area contributed by atoms with Crippen molar-refractivity contribution >= 4 is 46.3 Å². The molecule has 0 radical (unpaired) electrons. The Kier molecular flexibility index (Phi) is 4.75. The Bertz CT molecular complexity index is 2800. The second-order valence-electron chi connectivity index (χ2n) is 12.6. The van der Waals surface area contributed by atoms with E-state index in [1.54, 1.807) is 6.07 Å². The summed E-state index contributed by atoms with van der Waals surface area (Å²) in [6, 6.07) is 39.0. The van der Waals surface area contributed by atoms with E-state index in [1.165, 1.54) is 0 Å². The normalized spacial score (nSPS) is 18.0. The van der Waals surface area contributed by atoms with Crippen LogP contribution >= 0.6 is 0 Å². The first-order chi connectivity index (χ1) is 25.3. The van der Waals surface area contributed by atoms with E-state index in [9.17, 15) is 0 Å². The van der Waals surface area contributed by atoms with Crippen LogP contribution in [0.15, 0.2) is 121 Å². The molecule has 0 amide bonds. The van der Waals surface area contributed by atoms with Crippen LogP contribution in [0.25, 0.3) is 55.8 Å². The van der Waals surface area contributed by atoms with Crippen molar-refractivity contribution in [3.05, 3.63) is 138 Å². The number of hydrogen-bond donors (Lipinski definition) is 0. The summed E-state index contributed by atoms with van der Waals surface area (Å²) < 4.78 is 64.3. The van der Waals surface area contributed by atoms with Crippen LogP contribution in [0.1, 0.15) is 24.9 Å². The van der Waals surface area contributed by atoms with Crippen molar-refractivity contribution in [2.24, 2.45) is 0 Å². The van der Waals surface area contributed by atoms with Crippen LogP contribution in [-0.2, 0) is 0 Å². The average molecular weight is 632 g/mol. The molecule has 228 valence electrons. The number of para-hydroxylation sites is 6. The van der Waals surface area contributed by atoms with Crippen molar-refractivity contribution in [3.63, 3.8) is 0 Å². The number of nitrogens with zero attached hydrogens (tertiary/aromatic N) is 3. The molecule has 0 saturated carbocycles. The van der Waals surface area contributed by atoms with Crippen molar-refractivity contribution in [2.45, 2.75) is 33.7 Å². The van der Waals surface area contributed by atoms with E-state index in [0.29, 0.717) is 38.6 Å². The molecule has 47 heavy (non-hydrogen) atoms. The Balaban J connectivity index is 1.31. The van der Waals surface area contributed by atoms with Gasteiger partial charge in [-0.15, -0.1) is 0 Å². The van der Waals surface area contributed by atoms with Crippen LogP contribution in [0.2, 0.25) is 13.0 Å². The van der Waals surface area contributed by atoms with Crippen molar-refractivity contribution in [2.75, 3.05) is 0 Å². The number of ether oxygens (including phenoxy) is 1. The highest BCUT2D eigenvalue weighted by Crippen LogP contribution is 2.43. The van der Waals surface area contributed by atoms with Gasteiger partial charge in [-0.2, -0.15) is 0 Å². The van der Waals surface area contributed by atoms with E-state index < -0.39 is 21.4 Å². The van der Waals surface area contributed by atoms with E-state index >= 15 is 0 Å². The van der Waals surface area contributed by atoms with E-state index in [4.69, 9.17) is 17.9 Å². The SMILES string of the molecule is [2H]C([2H])([2H])c1c(-c2cccc(-n3c4ccccc4n4c5ccccc5nc34)c2C)ccc(C)c1-c1cccc2c1Oc1ccccc1[Si]2(C)C([2H])([2H])[2H]. The molecule has 8 aromatic rings. The van der Waals surface area contributed by atoms with Gasteiger partial charge in [0, 0.05) is 13.8 Å². The molecule has 0 fully saturated rings. The van der Waals surface area contributed by atoms with Gasteiger partial charge >= 0.3 is 0 Å². The fraction of sp³-hybridized carbons (Fsp3) is 0.119. The third-order valence-electron chi connectivity index (χ3n) is 9.82. The van der Waals surface area contributed by atoms with E-state index in [-0.39, 0.29) is 5.56 Å². The molecule has 9 rings (SSSR count). The molecule has 1 unspecified atom stereocenters. The van der Waals surface area contributed by atoms with Gasteiger partial charge in [-0.25, -0.2) is 4.98 Å². The fourth-order valence-corrected chi connectivity index (χ4v) is 9.90. The molecule has 0 saturated heterocycles. The monoisotopic (exact) mass is 631 g/mol. The third kappa shape index (κ3) is 3.90. The molecule has 0 aliphatic carbocycles. The van der Waals surface area contributed by atoms with Gasteiger partial charge in [0.25, 0.3) is 0 Å². The Labute approximate surface area is 284 Å². The molecule has 1 aliphatic heterocycles. The highest BCUT2D eigenvalue weighted by molar-refractivity contribution is 7.01. The highest BCUT2D eigenvalue weighted by Gasteiger charge is 2.37. The summed E-state index contributed by atoms with van der Waals surface area (Å²) >= 11 is 0. The molecule has 1 aliphatic rings. The lowest BCUT2D eigenvalue weighted by Gasteiger charge is -2.34. The third-order valence-corrected chi connectivity index (χ3v) is 12.8. The van der Waals surface area contributed by atoms with Gasteiger partial charge in [0.05, 0.1) is 27.8 Å². The quantitative estimate of drug-likeness (QED) is 0.182. The van der Waals surface area contributed by atoms with E-state index in [2.05, 4.69) is 27.2 Å². The molecule has 3 heterocycles. The van der Waals surface area contributed by atoms with Crippen molar-refractivity contribution in [3.8, 4) is 39.4 Å². The molecular weight excluding hydrogens is 591 g/mol. The lowest BCUT2D eigenvalue weighted by atomic mass is 9.87. The van der Waals surface area contributed by atoms with Crippen LogP contribution in [0.5, 0.6) is 11.5 Å². The molecule has 1 atom stereocenters. The van der Waals surface area contributed by atoms with Crippen LogP contribution in [0, 0.1) is 20.7 Å². The summed E-state index contributed by atoms with van der Waals surface area (Å²) in [6.45, 7) is 0.973. The zero-order valence-corrected chi connectivity index (χ0v) is 27.3. The molecular formula is C42H35N3OSi. The highest BCUT2D eigenvalue weighted by atomic mass is 28.3. The summed E-state index contributed by atoms with van der Waals surface area (Å²) in [5.41, 5.74) is 9.08. The topological polar surface area (TPSA) is 31.5 Å². The van der Waals surface area contributed by atoms with Crippen LogP contribution in [0.4, 0.5) is 0 Å². The minimum Gasteiger partial charge on any atom is -0.457 e. The summed E-state index contributed by atoms with van der Waals surface area (Å²) in [7, 11) is -3.38. The molecule has 0 bridgehead atoms. The Morgan fingerprint density at radius 2 is 1.36 bits per heavy atom. The number of aromatic nitrogens is 3. The first-order valence-corrected chi connectivity index (χ1v) is 18.3. The van der Waals surface area contributed by atoms with Crippen LogP contribution in [0.3, 0.4) is 0 Å². The van der Waals surface area contributed by atoms with E-state index in [0.717, 1.165) is 50.2 Å². The van der Waals surface area contributed by atoms with Gasteiger partial charge in [0.1, 0.15) is 19.6 Å². The minimum atomic E-state index is -3.38. The van der Waals surface area contributed by atoms with Crippen molar-refractivity contribution in [1.82, 2.24) is 14.0 Å². The zero-order chi connectivity index (χ0) is 37.0. The fourth-order valence-electron chi connectivity index (χ4n) is 7.49. The van der Waals surface area contributed by atoms with Gasteiger partial charge in [-0.1, -0.05) is 98.0 Å². The number of aryl methyl sites for hydroxylation is 1. The smallest absolute Gasteiger partial charge is 0.220 e. The van der Waals surface area contributed by atoms with Crippen molar-refractivity contribution in [1.29, 1.82) is 0 Å². The molecule has 2 aromatic heterocycles. The molecule has 4 nitrogen and oxygen atoms in total. The Morgan fingerprint density at radius 1 is 0.660 bits per heavy atom. The maximum atomic E-state index is 9.02. The minimum absolute atomic E-state index is 0.194. The number of imidazole rings is 2. The van der Waals surface area contributed by atoms with Gasteiger partial charge in [0.15, 0.2) is 0 Å². The number of fused-ring (bicyclic) bond motifs is 7. The average Bonchev–Trinajstić information content (AvgIpc) is 3.66. The summed E-state index contributed by atoms with van der Waals surface area (Å²) in [6.07, 6.45) is 0. The van der Waals surface area contributed by atoms with Crippen molar-refractivity contribution < 1.29 is 13.0 Å². The van der Waals surface area contributed by atoms with Gasteiger partial charge in [-0.05, 0) is 101 Å². The number of hydrogen-bond acceptors (Lipinski definition) is 2. The van der Waals surface area contributed by atoms with Crippen LogP contribution < -0.4 is 15.1 Å². The number of rotatable bonds is 3. The standard InChI is InChI=1S/C42H35N3OSi/c1-26-24-25-30(28(3)40(26)31-15-13-23-39-41(31)46-37-21-10-11-22-38(37)47(39,4)5)29-14-12-20-33(27(29)2)44-35-18-8-9-19-36(35)45-34-17-7-6-16-32(34)43-42(44)45/h6-25H,1-5H3/i3D3,4D3. The first kappa shape index (κ1) is 22.2. The van der Waals surface area contributed by atoms with E-state index in [1.807, 2.05) is 117 Å². The first-order valence-electron chi connectivity index (χ1n) is 18.8. The lowest BCUT2D eigenvalue weighted by Crippen LogP contribution is -2.56. The van der Waals surface area contributed by atoms with Gasteiger partial charge in [-0.3, -0.25) is 8.97 Å². The summed E-state index contributed by atoms with van der Waals surface area (Å²) in [4.78, 5) is 5.07. The summed E-state index contributed by atoms with van der Waals surface area (Å²) in [5, 5.41) is 1.33. The predicted molar refractivity (Wildman–Crippen MR) is 198 cm³/mol. The van der Waals surface area contributed by atoms with Gasteiger partial charge in [0.2, 0.25) is 5.78 Å². The lowest BCUT2D eigenvalue weighted by molar-refractivity contribution is 0.488. The Morgan fingerprint density at radius 3 is 2.21 bits per heavy atom. The second-order valence-corrected chi connectivity index (χ2v) is 15.9. The second kappa shape index (κ2) is 10.1. The maximum absolute atomic E-state index is 9.02. The predicted octanol–water partition coefficient (Wildman–Crippen LogP) is 9.62. The van der Waals surface area contributed by atoms with Gasteiger partial charge < -0.3 is 4.74 Å². The van der Waals surface area contributed by atoms with Crippen LogP contribution in [-0.4, -0.2) is 22.0 Å². The molecule has 6 aromatic carbocycles. The largest absolute Gasteiger partial charge is 0.457 e. The number of benzene rings is 6.